The van der Waals surface area contributed by atoms with Crippen LogP contribution in [0.1, 0.15) is 30.4 Å². The topological polar surface area (TPSA) is 67.5 Å². The first-order chi connectivity index (χ1) is 11.5. The first-order valence-electron chi connectivity index (χ1n) is 7.47. The zero-order valence-electron chi connectivity index (χ0n) is 13.0. The summed E-state index contributed by atoms with van der Waals surface area (Å²) in [7, 11) is 0. The Morgan fingerprint density at radius 2 is 1.96 bits per heavy atom. The number of Topliss-reactive ketones (excluding diaryl/α,β-unsaturated/α-hetero) is 1. The molecule has 0 saturated heterocycles. The number of halogens is 1. The van der Waals surface area contributed by atoms with Crippen LogP contribution in [0.3, 0.4) is 0 Å². The van der Waals surface area contributed by atoms with Gasteiger partial charge in [-0.25, -0.2) is 4.79 Å². The maximum atomic E-state index is 12.5. The van der Waals surface area contributed by atoms with Gasteiger partial charge in [-0.3, -0.25) is 4.79 Å². The zero-order valence-corrected chi connectivity index (χ0v) is 13.7. The third-order valence-electron chi connectivity index (χ3n) is 3.91. The van der Waals surface area contributed by atoms with E-state index in [1.807, 2.05) is 0 Å². The molecule has 3 rings (SSSR count). The summed E-state index contributed by atoms with van der Waals surface area (Å²) >= 11 is 6.04. The van der Waals surface area contributed by atoms with Gasteiger partial charge in [0.1, 0.15) is 17.1 Å². The average molecular weight is 343 g/mol. The molecule has 3 aromatic rings. The van der Waals surface area contributed by atoms with E-state index >= 15 is 0 Å². The monoisotopic (exact) mass is 342 g/mol. The standard InChI is InChI=1S/C19H15ClO4/c1-11(21)9-15(12-5-4-6-13(20)10-12)17-18(22)14-7-2-3-8-16(14)24-19(17)23/h2-8,10,15,22H,9H2,1H3. The highest BCUT2D eigenvalue weighted by Crippen LogP contribution is 2.36. The van der Waals surface area contributed by atoms with Crippen molar-refractivity contribution in [1.82, 2.24) is 0 Å². The molecule has 0 aliphatic carbocycles. The number of benzene rings is 2. The fourth-order valence-corrected chi connectivity index (χ4v) is 3.05. The predicted octanol–water partition coefficient (Wildman–Crippen LogP) is 4.26. The molecule has 0 amide bonds. The van der Waals surface area contributed by atoms with Crippen molar-refractivity contribution in [3.8, 4) is 5.75 Å². The quantitative estimate of drug-likeness (QED) is 0.719. The van der Waals surface area contributed by atoms with Crippen molar-refractivity contribution in [2.45, 2.75) is 19.3 Å². The average Bonchev–Trinajstić information content (AvgIpc) is 2.53. The van der Waals surface area contributed by atoms with Gasteiger partial charge in [0.25, 0.3) is 0 Å². The molecule has 24 heavy (non-hydrogen) atoms. The molecule has 0 saturated carbocycles. The summed E-state index contributed by atoms with van der Waals surface area (Å²) in [6.07, 6.45) is 0.0665. The Hall–Kier alpha value is -2.59. The van der Waals surface area contributed by atoms with E-state index in [1.165, 1.54) is 6.92 Å². The van der Waals surface area contributed by atoms with Crippen molar-refractivity contribution in [1.29, 1.82) is 0 Å². The highest BCUT2D eigenvalue weighted by atomic mass is 35.5. The van der Waals surface area contributed by atoms with Crippen molar-refractivity contribution < 1.29 is 14.3 Å². The lowest BCUT2D eigenvalue weighted by molar-refractivity contribution is -0.117. The summed E-state index contributed by atoms with van der Waals surface area (Å²) in [6.45, 7) is 1.44. The molecule has 0 bridgehead atoms. The number of rotatable bonds is 4. The molecule has 5 heteroatoms. The molecule has 0 radical (unpaired) electrons. The van der Waals surface area contributed by atoms with Gasteiger partial charge in [-0.2, -0.15) is 0 Å². The normalized spacial score (nSPS) is 12.2. The largest absolute Gasteiger partial charge is 0.507 e. The van der Waals surface area contributed by atoms with Crippen molar-refractivity contribution in [2.24, 2.45) is 0 Å². The van der Waals surface area contributed by atoms with Gasteiger partial charge in [-0.05, 0) is 36.8 Å². The second-order valence-electron chi connectivity index (χ2n) is 5.66. The van der Waals surface area contributed by atoms with E-state index in [0.29, 0.717) is 21.6 Å². The Morgan fingerprint density at radius 1 is 1.21 bits per heavy atom. The zero-order chi connectivity index (χ0) is 17.3. The lowest BCUT2D eigenvalue weighted by atomic mass is 9.87. The summed E-state index contributed by atoms with van der Waals surface area (Å²) in [4.78, 5) is 24.2. The van der Waals surface area contributed by atoms with Gasteiger partial charge in [-0.15, -0.1) is 0 Å². The second kappa shape index (κ2) is 6.49. The van der Waals surface area contributed by atoms with Crippen molar-refractivity contribution >= 4 is 28.4 Å². The SMILES string of the molecule is CC(=O)CC(c1cccc(Cl)c1)c1c(O)c2ccccc2oc1=O. The molecule has 2 aromatic carbocycles. The van der Waals surface area contributed by atoms with Gasteiger partial charge in [-0.1, -0.05) is 35.9 Å². The summed E-state index contributed by atoms with van der Waals surface area (Å²) < 4.78 is 5.33. The van der Waals surface area contributed by atoms with Crippen LogP contribution in [0.5, 0.6) is 5.75 Å². The number of fused-ring (bicyclic) bond motifs is 1. The molecule has 4 nitrogen and oxygen atoms in total. The van der Waals surface area contributed by atoms with Gasteiger partial charge in [0.15, 0.2) is 0 Å². The van der Waals surface area contributed by atoms with Crippen LogP contribution in [0.25, 0.3) is 11.0 Å². The van der Waals surface area contributed by atoms with Crippen molar-refractivity contribution in [3.63, 3.8) is 0 Å². The van der Waals surface area contributed by atoms with Crippen LogP contribution in [0.15, 0.2) is 57.7 Å². The Labute approximate surface area is 143 Å². The number of carbonyl (C=O) groups is 1. The molecule has 0 fully saturated rings. The van der Waals surface area contributed by atoms with Crippen LogP contribution < -0.4 is 5.63 Å². The summed E-state index contributed by atoms with van der Waals surface area (Å²) in [5.74, 6) is -0.887. The van der Waals surface area contributed by atoms with E-state index in [9.17, 15) is 14.7 Å². The minimum atomic E-state index is -0.655. The van der Waals surface area contributed by atoms with Crippen molar-refractivity contribution in [2.75, 3.05) is 0 Å². The first-order valence-corrected chi connectivity index (χ1v) is 7.84. The van der Waals surface area contributed by atoms with E-state index in [1.54, 1.807) is 48.5 Å². The van der Waals surface area contributed by atoms with Crippen LogP contribution in [0.2, 0.25) is 5.02 Å². The molecule has 0 aliphatic rings. The van der Waals surface area contributed by atoms with E-state index in [-0.39, 0.29) is 23.5 Å². The predicted molar refractivity (Wildman–Crippen MR) is 92.7 cm³/mol. The Kier molecular flexibility index (Phi) is 4.40. The molecule has 0 spiro atoms. The van der Waals surface area contributed by atoms with E-state index in [0.717, 1.165) is 0 Å². The summed E-state index contributed by atoms with van der Waals surface area (Å²) in [5.41, 5.74) is 0.399. The molecular formula is C19H15ClO4. The lowest BCUT2D eigenvalue weighted by Gasteiger charge is -2.17. The van der Waals surface area contributed by atoms with E-state index < -0.39 is 11.5 Å². The fraction of sp³-hybridized carbons (Fsp3) is 0.158. The fourth-order valence-electron chi connectivity index (χ4n) is 2.85. The molecule has 122 valence electrons. The number of aromatic hydroxyl groups is 1. The second-order valence-corrected chi connectivity index (χ2v) is 6.10. The summed E-state index contributed by atoms with van der Waals surface area (Å²) in [6, 6.07) is 13.6. The molecule has 0 aliphatic heterocycles. The highest BCUT2D eigenvalue weighted by molar-refractivity contribution is 6.30. The molecule has 1 heterocycles. The van der Waals surface area contributed by atoms with E-state index in [4.69, 9.17) is 16.0 Å². The Balaban J connectivity index is 2.27. The Bertz CT molecular complexity index is 975. The van der Waals surface area contributed by atoms with Gasteiger partial charge in [0.05, 0.1) is 10.9 Å². The van der Waals surface area contributed by atoms with Crippen LogP contribution in [-0.4, -0.2) is 10.9 Å². The van der Waals surface area contributed by atoms with Crippen LogP contribution in [-0.2, 0) is 4.79 Å². The van der Waals surface area contributed by atoms with E-state index in [2.05, 4.69) is 0 Å². The Morgan fingerprint density at radius 3 is 2.67 bits per heavy atom. The van der Waals surface area contributed by atoms with Gasteiger partial charge in [0.2, 0.25) is 0 Å². The number of carbonyl (C=O) groups excluding carboxylic acids is 1. The lowest BCUT2D eigenvalue weighted by Crippen LogP contribution is -2.16. The summed E-state index contributed by atoms with van der Waals surface area (Å²) in [5, 5.41) is 11.6. The number of hydrogen-bond donors (Lipinski definition) is 1. The first kappa shape index (κ1) is 16.3. The van der Waals surface area contributed by atoms with Gasteiger partial charge in [0, 0.05) is 17.4 Å². The number of ketones is 1. The van der Waals surface area contributed by atoms with Gasteiger partial charge >= 0.3 is 5.63 Å². The molecular weight excluding hydrogens is 328 g/mol. The van der Waals surface area contributed by atoms with Crippen molar-refractivity contribution in [3.05, 3.63) is 75.1 Å². The highest BCUT2D eigenvalue weighted by Gasteiger charge is 2.26. The van der Waals surface area contributed by atoms with Crippen LogP contribution in [0.4, 0.5) is 0 Å². The minimum absolute atomic E-state index is 0.0665. The molecule has 1 unspecified atom stereocenters. The van der Waals surface area contributed by atoms with Crippen LogP contribution in [0, 0.1) is 0 Å². The third-order valence-corrected chi connectivity index (χ3v) is 4.15. The minimum Gasteiger partial charge on any atom is -0.507 e. The molecule has 1 aromatic heterocycles. The number of para-hydroxylation sites is 1. The maximum absolute atomic E-state index is 12.5. The third kappa shape index (κ3) is 3.05. The number of hydrogen-bond acceptors (Lipinski definition) is 4. The smallest absolute Gasteiger partial charge is 0.343 e. The van der Waals surface area contributed by atoms with Gasteiger partial charge < -0.3 is 9.52 Å². The molecule has 1 N–H and O–H groups in total. The van der Waals surface area contributed by atoms with Crippen LogP contribution >= 0.6 is 11.6 Å². The maximum Gasteiger partial charge on any atom is 0.343 e. The molecule has 1 atom stereocenters.